The molecule has 0 saturated carbocycles. The number of hydrogen-bond donors (Lipinski definition) is 0. The summed E-state index contributed by atoms with van der Waals surface area (Å²) in [4.78, 5) is -0.931. The van der Waals surface area contributed by atoms with Crippen molar-refractivity contribution in [3.05, 3.63) is 0 Å². The fourth-order valence-electron chi connectivity index (χ4n) is 0.419. The Bertz CT molecular complexity index is 131. The minimum atomic E-state index is -4.34. The molecule has 0 aliphatic rings. The minimum Gasteiger partial charge on any atom is -0.243 e. The summed E-state index contributed by atoms with van der Waals surface area (Å²) in [6.45, 7) is -4.56. The van der Waals surface area contributed by atoms with Crippen LogP contribution in [0.5, 0.6) is 0 Å². The fraction of sp³-hybridized carbons (Fsp3) is 1.00. The van der Waals surface area contributed by atoms with E-state index >= 15 is 0 Å². The van der Waals surface area contributed by atoms with Gasteiger partial charge >= 0.3 is 12.1 Å². The van der Waals surface area contributed by atoms with Crippen molar-refractivity contribution in [3.8, 4) is 0 Å². The SMILES string of the molecule is CN(C(F)(F)CF)C(F)(F)CF. The molecule has 0 amide bonds. The molecule has 0 N–H and O–H groups in total. The summed E-state index contributed by atoms with van der Waals surface area (Å²) in [5.41, 5.74) is 0. The zero-order chi connectivity index (χ0) is 9.99. The average Bonchev–Trinajstić information content (AvgIpc) is 2.03. The highest BCUT2D eigenvalue weighted by atomic mass is 19.3. The molecule has 74 valence electrons. The highest BCUT2D eigenvalue weighted by Gasteiger charge is 2.49. The summed E-state index contributed by atoms with van der Waals surface area (Å²) >= 11 is 0. The largest absolute Gasteiger partial charge is 0.337 e. The Morgan fingerprint density at radius 2 is 1.17 bits per heavy atom. The molecule has 0 aromatic rings. The normalized spacial score (nSPS) is 14.0. The minimum absolute atomic E-state index is 0.249. The smallest absolute Gasteiger partial charge is 0.243 e. The van der Waals surface area contributed by atoms with Crippen molar-refractivity contribution in [2.45, 2.75) is 12.1 Å². The first-order valence-electron chi connectivity index (χ1n) is 2.89. The van der Waals surface area contributed by atoms with Gasteiger partial charge in [-0.25, -0.2) is 8.78 Å². The van der Waals surface area contributed by atoms with Crippen molar-refractivity contribution >= 4 is 0 Å². The summed E-state index contributed by atoms with van der Waals surface area (Å²) < 4.78 is 71.4. The second-order valence-corrected chi connectivity index (χ2v) is 2.16. The van der Waals surface area contributed by atoms with E-state index in [9.17, 15) is 26.3 Å². The number of nitrogens with zero attached hydrogens (tertiary/aromatic N) is 1. The average molecular weight is 195 g/mol. The van der Waals surface area contributed by atoms with E-state index in [0.29, 0.717) is 0 Å². The molecule has 1 nitrogen and oxygen atoms in total. The Labute approximate surface area is 65.0 Å². The quantitative estimate of drug-likeness (QED) is 0.490. The number of halogens is 6. The maximum absolute atomic E-state index is 12.1. The van der Waals surface area contributed by atoms with E-state index in [4.69, 9.17) is 0 Å². The van der Waals surface area contributed by atoms with Crippen LogP contribution >= 0.6 is 0 Å². The molecule has 0 radical (unpaired) electrons. The molecule has 0 bridgehead atoms. The Hall–Kier alpha value is -0.460. The van der Waals surface area contributed by atoms with Crippen molar-refractivity contribution in [1.29, 1.82) is 0 Å². The molecule has 0 aromatic carbocycles. The van der Waals surface area contributed by atoms with Gasteiger partial charge in [0.1, 0.15) is 0 Å². The number of rotatable bonds is 4. The first-order chi connectivity index (χ1) is 5.28. The van der Waals surface area contributed by atoms with Crippen LogP contribution in [0.25, 0.3) is 0 Å². The van der Waals surface area contributed by atoms with Crippen molar-refractivity contribution in [3.63, 3.8) is 0 Å². The zero-order valence-corrected chi connectivity index (χ0v) is 6.13. The summed E-state index contributed by atoms with van der Waals surface area (Å²) in [6.07, 6.45) is 0. The maximum atomic E-state index is 12.1. The predicted octanol–water partition coefficient (Wildman–Crippen LogP) is 2.04. The van der Waals surface area contributed by atoms with Crippen LogP contribution in [0.1, 0.15) is 0 Å². The topological polar surface area (TPSA) is 3.24 Å². The predicted molar refractivity (Wildman–Crippen MR) is 29.6 cm³/mol. The molecular weight excluding hydrogens is 188 g/mol. The lowest BCUT2D eigenvalue weighted by molar-refractivity contribution is -0.272. The van der Waals surface area contributed by atoms with E-state index in [1.807, 2.05) is 0 Å². The van der Waals surface area contributed by atoms with Gasteiger partial charge in [-0.1, -0.05) is 0 Å². The van der Waals surface area contributed by atoms with E-state index in [1.165, 1.54) is 0 Å². The number of alkyl halides is 6. The van der Waals surface area contributed by atoms with Crippen molar-refractivity contribution in [2.75, 3.05) is 20.4 Å². The van der Waals surface area contributed by atoms with Crippen molar-refractivity contribution < 1.29 is 26.3 Å². The highest BCUT2D eigenvalue weighted by Crippen LogP contribution is 2.29. The van der Waals surface area contributed by atoms with Gasteiger partial charge in [-0.15, -0.1) is 0 Å². The summed E-state index contributed by atoms with van der Waals surface area (Å²) in [7, 11) is 0.249. The second kappa shape index (κ2) is 3.51. The fourth-order valence-corrected chi connectivity index (χ4v) is 0.419. The van der Waals surface area contributed by atoms with Crippen LogP contribution in [0.4, 0.5) is 26.3 Å². The van der Waals surface area contributed by atoms with Gasteiger partial charge in [-0.2, -0.15) is 22.5 Å². The summed E-state index contributed by atoms with van der Waals surface area (Å²) in [5.74, 6) is 0. The van der Waals surface area contributed by atoms with E-state index in [2.05, 4.69) is 0 Å². The lowest BCUT2D eigenvalue weighted by atomic mass is 10.4. The molecule has 0 spiro atoms. The van der Waals surface area contributed by atoms with Gasteiger partial charge in [0.25, 0.3) is 0 Å². The molecule has 0 heterocycles. The van der Waals surface area contributed by atoms with Crippen LogP contribution in [-0.2, 0) is 0 Å². The molecule has 0 rings (SSSR count). The first-order valence-corrected chi connectivity index (χ1v) is 2.89. The van der Waals surface area contributed by atoms with Crippen LogP contribution in [-0.4, -0.2) is 37.4 Å². The Balaban J connectivity index is 4.47. The maximum Gasteiger partial charge on any atom is 0.337 e. The lowest BCUT2D eigenvalue weighted by Gasteiger charge is -2.30. The van der Waals surface area contributed by atoms with E-state index in [0.717, 1.165) is 0 Å². The third-order valence-electron chi connectivity index (χ3n) is 1.30. The Morgan fingerprint density at radius 1 is 0.917 bits per heavy atom. The van der Waals surface area contributed by atoms with Crippen LogP contribution in [0.3, 0.4) is 0 Å². The molecule has 0 saturated heterocycles. The molecule has 0 aliphatic carbocycles. The highest BCUT2D eigenvalue weighted by molar-refractivity contribution is 4.73. The Kier molecular flexibility index (Phi) is 3.37. The van der Waals surface area contributed by atoms with E-state index < -0.39 is 30.3 Å². The lowest BCUT2D eigenvalue weighted by Crippen LogP contribution is -2.52. The molecule has 7 heteroatoms. The van der Waals surface area contributed by atoms with E-state index in [1.54, 1.807) is 0 Å². The van der Waals surface area contributed by atoms with Crippen LogP contribution in [0, 0.1) is 0 Å². The molecule has 0 atom stereocenters. The zero-order valence-electron chi connectivity index (χ0n) is 6.13. The van der Waals surface area contributed by atoms with Crippen LogP contribution in [0.2, 0.25) is 0 Å². The van der Waals surface area contributed by atoms with Gasteiger partial charge in [-0.05, 0) is 7.05 Å². The molecule has 0 aromatic heterocycles. The van der Waals surface area contributed by atoms with Crippen LogP contribution < -0.4 is 0 Å². The van der Waals surface area contributed by atoms with Gasteiger partial charge in [-0.3, -0.25) is 0 Å². The molecular formula is C5H7F6N. The third kappa shape index (κ3) is 2.26. The molecule has 0 unspecified atom stereocenters. The Morgan fingerprint density at radius 3 is 1.33 bits per heavy atom. The van der Waals surface area contributed by atoms with Gasteiger partial charge in [0, 0.05) is 0 Å². The molecule has 12 heavy (non-hydrogen) atoms. The van der Waals surface area contributed by atoms with Crippen molar-refractivity contribution in [2.24, 2.45) is 0 Å². The van der Waals surface area contributed by atoms with Gasteiger partial charge in [0.2, 0.25) is 0 Å². The summed E-state index contributed by atoms with van der Waals surface area (Å²) in [5, 5.41) is 0. The van der Waals surface area contributed by atoms with Crippen LogP contribution in [0.15, 0.2) is 0 Å². The summed E-state index contributed by atoms with van der Waals surface area (Å²) in [6, 6.07) is -8.68. The standard InChI is InChI=1S/C5H7F6N/c1-12(4(8,9)2-6)5(10,11)3-7/h2-3H2,1H3. The monoisotopic (exact) mass is 195 g/mol. The van der Waals surface area contributed by atoms with Gasteiger partial charge in [0.05, 0.1) is 0 Å². The van der Waals surface area contributed by atoms with Gasteiger partial charge in [0.15, 0.2) is 13.3 Å². The van der Waals surface area contributed by atoms with E-state index in [-0.39, 0.29) is 7.05 Å². The third-order valence-corrected chi connectivity index (χ3v) is 1.30. The van der Waals surface area contributed by atoms with Crippen molar-refractivity contribution in [1.82, 2.24) is 4.90 Å². The number of hydrogen-bond acceptors (Lipinski definition) is 1. The van der Waals surface area contributed by atoms with Gasteiger partial charge < -0.3 is 0 Å². The molecule has 0 fully saturated rings. The molecule has 0 aliphatic heterocycles. The second-order valence-electron chi connectivity index (χ2n) is 2.16. The first kappa shape index (κ1) is 11.5.